The molecule has 1 aliphatic rings. The van der Waals surface area contributed by atoms with Crippen molar-refractivity contribution in [2.75, 3.05) is 10.6 Å². The van der Waals surface area contributed by atoms with Crippen LogP contribution in [-0.2, 0) is 6.54 Å². The Labute approximate surface area is 170 Å². The average Bonchev–Trinajstić information content (AvgIpc) is 2.75. The number of aromatic nitrogens is 3. The van der Waals surface area contributed by atoms with Crippen LogP contribution in [0.2, 0.25) is 5.02 Å². The van der Waals surface area contributed by atoms with Gasteiger partial charge >= 0.3 is 0 Å². The molecule has 28 heavy (non-hydrogen) atoms. The number of rotatable bonds is 6. The SMILES string of the molecule is Clc1cnc(NC2CCCCC2)cc1-c1cncc(NCc2ccncc2)c1. The molecule has 0 spiro atoms. The zero-order valence-corrected chi connectivity index (χ0v) is 16.5. The van der Waals surface area contributed by atoms with Crippen molar-refractivity contribution in [3.8, 4) is 11.1 Å². The molecule has 3 heterocycles. The number of nitrogens with zero attached hydrogens (tertiary/aromatic N) is 3. The zero-order valence-electron chi connectivity index (χ0n) is 15.7. The Hall–Kier alpha value is -2.66. The molecule has 3 aromatic heterocycles. The van der Waals surface area contributed by atoms with Gasteiger partial charge in [0.25, 0.3) is 0 Å². The van der Waals surface area contributed by atoms with Gasteiger partial charge in [-0.05, 0) is 42.7 Å². The van der Waals surface area contributed by atoms with E-state index in [1.165, 1.54) is 37.7 Å². The lowest BCUT2D eigenvalue weighted by Gasteiger charge is -2.23. The first-order valence-corrected chi connectivity index (χ1v) is 10.2. The van der Waals surface area contributed by atoms with Crippen molar-refractivity contribution in [1.82, 2.24) is 15.0 Å². The van der Waals surface area contributed by atoms with E-state index < -0.39 is 0 Å². The molecule has 0 saturated heterocycles. The summed E-state index contributed by atoms with van der Waals surface area (Å²) in [6.07, 6.45) is 15.3. The lowest BCUT2D eigenvalue weighted by molar-refractivity contribution is 0.462. The minimum absolute atomic E-state index is 0.502. The van der Waals surface area contributed by atoms with E-state index in [-0.39, 0.29) is 0 Å². The summed E-state index contributed by atoms with van der Waals surface area (Å²) in [5, 5.41) is 7.60. The third-order valence-electron chi connectivity index (χ3n) is 5.11. The minimum Gasteiger partial charge on any atom is -0.380 e. The van der Waals surface area contributed by atoms with E-state index in [1.807, 2.05) is 30.6 Å². The van der Waals surface area contributed by atoms with E-state index in [1.54, 1.807) is 18.6 Å². The van der Waals surface area contributed by atoms with E-state index in [9.17, 15) is 0 Å². The second kappa shape index (κ2) is 9.02. The van der Waals surface area contributed by atoms with Crippen molar-refractivity contribution < 1.29 is 0 Å². The third kappa shape index (κ3) is 4.78. The van der Waals surface area contributed by atoms with Gasteiger partial charge in [0.05, 0.1) is 10.7 Å². The Bertz CT molecular complexity index is 910. The number of hydrogen-bond donors (Lipinski definition) is 2. The summed E-state index contributed by atoms with van der Waals surface area (Å²) in [6.45, 7) is 0.715. The number of nitrogens with one attached hydrogen (secondary N) is 2. The normalized spacial score (nSPS) is 14.6. The topological polar surface area (TPSA) is 62.7 Å². The summed E-state index contributed by atoms with van der Waals surface area (Å²) >= 11 is 6.45. The summed E-state index contributed by atoms with van der Waals surface area (Å²) in [5.74, 6) is 0.876. The molecule has 6 heteroatoms. The number of hydrogen-bond acceptors (Lipinski definition) is 5. The molecular formula is C22H24ClN5. The van der Waals surface area contributed by atoms with Crippen molar-refractivity contribution >= 4 is 23.1 Å². The van der Waals surface area contributed by atoms with Gasteiger partial charge in [0.1, 0.15) is 5.82 Å². The molecule has 0 unspecified atom stereocenters. The first kappa shape index (κ1) is 18.7. The predicted octanol–water partition coefficient (Wildman–Crippen LogP) is 5.55. The van der Waals surface area contributed by atoms with Crippen LogP contribution in [0.25, 0.3) is 11.1 Å². The predicted molar refractivity (Wildman–Crippen MR) is 115 cm³/mol. The summed E-state index contributed by atoms with van der Waals surface area (Å²) in [6, 6.07) is 8.59. The standard InChI is InChI=1S/C22H24ClN5/c23-21-15-27-22(28-18-4-2-1-3-5-18)11-20(21)17-10-19(14-25-13-17)26-12-16-6-8-24-9-7-16/h6-11,13-15,18,26H,1-5,12H2,(H,27,28). The van der Waals surface area contributed by atoms with Crippen LogP contribution in [0.4, 0.5) is 11.5 Å². The molecule has 2 N–H and O–H groups in total. The van der Waals surface area contributed by atoms with Gasteiger partial charge in [-0.1, -0.05) is 30.9 Å². The lowest BCUT2D eigenvalue weighted by atomic mass is 9.95. The second-order valence-corrected chi connectivity index (χ2v) is 7.61. The Morgan fingerprint density at radius 2 is 1.79 bits per heavy atom. The Morgan fingerprint density at radius 1 is 0.964 bits per heavy atom. The molecule has 144 valence electrons. The molecule has 4 rings (SSSR count). The maximum atomic E-state index is 6.45. The van der Waals surface area contributed by atoms with Crippen LogP contribution in [-0.4, -0.2) is 21.0 Å². The average molecular weight is 394 g/mol. The molecule has 1 aliphatic carbocycles. The summed E-state index contributed by atoms with van der Waals surface area (Å²) in [4.78, 5) is 12.9. The fourth-order valence-electron chi connectivity index (χ4n) is 3.58. The van der Waals surface area contributed by atoms with Crippen LogP contribution < -0.4 is 10.6 Å². The molecule has 0 atom stereocenters. The number of halogens is 1. The Kier molecular flexibility index (Phi) is 6.02. The summed E-state index contributed by atoms with van der Waals surface area (Å²) < 4.78 is 0. The van der Waals surface area contributed by atoms with E-state index in [0.717, 1.165) is 22.6 Å². The maximum absolute atomic E-state index is 6.45. The van der Waals surface area contributed by atoms with Crippen LogP contribution in [0.15, 0.2) is 55.2 Å². The van der Waals surface area contributed by atoms with Crippen LogP contribution in [0, 0.1) is 0 Å². The largest absolute Gasteiger partial charge is 0.380 e. The first-order chi connectivity index (χ1) is 13.8. The number of anilines is 2. The highest BCUT2D eigenvalue weighted by Gasteiger charge is 2.15. The number of pyridine rings is 3. The van der Waals surface area contributed by atoms with Crippen LogP contribution >= 0.6 is 11.6 Å². The summed E-state index contributed by atoms with van der Waals surface area (Å²) in [5.41, 5.74) is 4.03. The van der Waals surface area contributed by atoms with Crippen molar-refractivity contribution in [2.24, 2.45) is 0 Å². The highest BCUT2D eigenvalue weighted by molar-refractivity contribution is 6.33. The van der Waals surface area contributed by atoms with Gasteiger partial charge in [-0.3, -0.25) is 9.97 Å². The minimum atomic E-state index is 0.502. The zero-order chi connectivity index (χ0) is 19.2. The van der Waals surface area contributed by atoms with Crippen molar-refractivity contribution in [2.45, 2.75) is 44.7 Å². The van der Waals surface area contributed by atoms with E-state index in [0.29, 0.717) is 17.6 Å². The maximum Gasteiger partial charge on any atom is 0.126 e. The fraction of sp³-hybridized carbons (Fsp3) is 0.318. The molecule has 0 amide bonds. The van der Waals surface area contributed by atoms with Gasteiger partial charge in [0.2, 0.25) is 0 Å². The van der Waals surface area contributed by atoms with E-state index >= 15 is 0 Å². The van der Waals surface area contributed by atoms with Crippen molar-refractivity contribution in [1.29, 1.82) is 0 Å². The van der Waals surface area contributed by atoms with Crippen LogP contribution in [0.1, 0.15) is 37.7 Å². The van der Waals surface area contributed by atoms with Gasteiger partial charge in [-0.15, -0.1) is 0 Å². The molecule has 3 aromatic rings. The quantitative estimate of drug-likeness (QED) is 0.575. The molecule has 0 radical (unpaired) electrons. The van der Waals surface area contributed by atoms with Gasteiger partial charge in [-0.2, -0.15) is 0 Å². The monoisotopic (exact) mass is 393 g/mol. The van der Waals surface area contributed by atoms with Crippen LogP contribution in [0.5, 0.6) is 0 Å². The molecule has 0 bridgehead atoms. The lowest BCUT2D eigenvalue weighted by Crippen LogP contribution is -2.22. The molecular weight excluding hydrogens is 370 g/mol. The first-order valence-electron chi connectivity index (χ1n) is 9.78. The van der Waals surface area contributed by atoms with Crippen molar-refractivity contribution in [3.05, 3.63) is 65.8 Å². The van der Waals surface area contributed by atoms with E-state index in [4.69, 9.17) is 11.6 Å². The summed E-state index contributed by atoms with van der Waals surface area (Å²) in [7, 11) is 0. The van der Waals surface area contributed by atoms with Gasteiger partial charge < -0.3 is 10.6 Å². The highest BCUT2D eigenvalue weighted by atomic mass is 35.5. The van der Waals surface area contributed by atoms with E-state index in [2.05, 4.69) is 31.7 Å². The molecule has 5 nitrogen and oxygen atoms in total. The highest BCUT2D eigenvalue weighted by Crippen LogP contribution is 2.31. The molecule has 1 saturated carbocycles. The van der Waals surface area contributed by atoms with Gasteiger partial charge in [0, 0.05) is 54.7 Å². The van der Waals surface area contributed by atoms with Crippen LogP contribution in [0.3, 0.4) is 0 Å². The fourth-order valence-corrected chi connectivity index (χ4v) is 3.80. The Morgan fingerprint density at radius 3 is 2.61 bits per heavy atom. The molecule has 1 fully saturated rings. The Balaban J connectivity index is 1.50. The smallest absolute Gasteiger partial charge is 0.126 e. The van der Waals surface area contributed by atoms with Crippen molar-refractivity contribution in [3.63, 3.8) is 0 Å². The van der Waals surface area contributed by atoms with Gasteiger partial charge in [-0.25, -0.2) is 4.98 Å². The molecule has 0 aromatic carbocycles. The third-order valence-corrected chi connectivity index (χ3v) is 5.41. The molecule has 0 aliphatic heterocycles. The second-order valence-electron chi connectivity index (χ2n) is 7.20. The van der Waals surface area contributed by atoms with Gasteiger partial charge in [0.15, 0.2) is 0 Å².